The van der Waals surface area contributed by atoms with E-state index >= 15 is 0 Å². The molecular weight excluding hydrogens is 497 g/mol. The fourth-order valence-electron chi connectivity index (χ4n) is 4.29. The van der Waals surface area contributed by atoms with Gasteiger partial charge in [0.2, 0.25) is 5.82 Å². The number of anilines is 3. The molecule has 1 atom stereocenters. The Kier molecular flexibility index (Phi) is 8.16. The molecule has 0 spiro atoms. The Hall–Kier alpha value is -4.11. The number of nitrogens with two attached hydrogens (primary N) is 1. The molecule has 1 saturated heterocycles. The number of nitrogen functional groups attached to an aromatic ring is 1. The van der Waals surface area contributed by atoms with Gasteiger partial charge in [-0.2, -0.15) is 13.2 Å². The summed E-state index contributed by atoms with van der Waals surface area (Å²) in [6.45, 7) is 3.00. The van der Waals surface area contributed by atoms with Crippen LogP contribution >= 0.6 is 0 Å². The van der Waals surface area contributed by atoms with Crippen molar-refractivity contribution in [1.29, 1.82) is 0 Å². The van der Waals surface area contributed by atoms with E-state index in [2.05, 4.69) is 48.7 Å². The molecule has 1 aromatic carbocycles. The monoisotopic (exact) mass is 526 g/mol. The molecule has 4 rings (SSSR count). The van der Waals surface area contributed by atoms with Gasteiger partial charge in [0.15, 0.2) is 5.82 Å². The lowest BCUT2D eigenvalue weighted by Crippen LogP contribution is -2.35. The summed E-state index contributed by atoms with van der Waals surface area (Å²) in [5.74, 6) is 6.85. The van der Waals surface area contributed by atoms with Crippen LogP contribution in [0.2, 0.25) is 0 Å². The van der Waals surface area contributed by atoms with E-state index in [9.17, 15) is 18.3 Å². The molecule has 0 aliphatic carbocycles. The van der Waals surface area contributed by atoms with Crippen molar-refractivity contribution >= 4 is 17.3 Å². The van der Waals surface area contributed by atoms with Crippen LogP contribution in [0.4, 0.5) is 30.5 Å². The van der Waals surface area contributed by atoms with Gasteiger partial charge in [0.1, 0.15) is 11.6 Å². The van der Waals surface area contributed by atoms with E-state index < -0.39 is 12.7 Å². The van der Waals surface area contributed by atoms with Crippen LogP contribution in [0.5, 0.6) is 5.75 Å². The van der Waals surface area contributed by atoms with Crippen LogP contribution in [-0.2, 0) is 0 Å². The number of benzene rings is 1. The Labute approximate surface area is 219 Å². The van der Waals surface area contributed by atoms with E-state index in [-0.39, 0.29) is 24.2 Å². The maximum atomic E-state index is 12.5. The lowest BCUT2D eigenvalue weighted by Gasteiger charge is -2.28. The fourth-order valence-corrected chi connectivity index (χ4v) is 4.29. The molecule has 0 radical (unpaired) electrons. The fraction of sp³-hybridized carbons (Fsp3) is 0.385. The van der Waals surface area contributed by atoms with E-state index in [0.717, 1.165) is 23.6 Å². The standard InChI is InChI=1S/C26H29F3N8O/c1-18-10-13-36(21-16-20(33-34-25(21)30)19-6-3-4-7-22(19)38)14-15-37(18)24-9-11-31-23(32-24)8-5-12-35(2)17-26(27,28)29/h3-4,6-7,9,11,16,18,38H,10,12-15,17H2,1-2H3,(H2,30,34)/t18-/m0/s1. The minimum Gasteiger partial charge on any atom is -0.507 e. The SMILES string of the molecule is C[C@H]1CCN(c2cc(-c3ccccc3O)nnc2N)CCN1c1ccnc(C#CCN(C)CC(F)(F)F)n1. The highest BCUT2D eigenvalue weighted by Gasteiger charge is 2.28. The minimum absolute atomic E-state index is 0.0493. The van der Waals surface area contributed by atoms with Crippen molar-refractivity contribution in [2.45, 2.75) is 25.6 Å². The third-order valence-electron chi connectivity index (χ3n) is 6.22. The number of hydrogen-bond donors (Lipinski definition) is 2. The molecule has 0 bridgehead atoms. The van der Waals surface area contributed by atoms with Crippen LogP contribution < -0.4 is 15.5 Å². The second kappa shape index (κ2) is 11.5. The van der Waals surface area contributed by atoms with Crippen molar-refractivity contribution in [3.63, 3.8) is 0 Å². The van der Waals surface area contributed by atoms with Gasteiger partial charge in [0.25, 0.3) is 0 Å². The number of alkyl halides is 3. The zero-order chi connectivity index (χ0) is 27.3. The van der Waals surface area contributed by atoms with E-state index in [0.29, 0.717) is 36.0 Å². The topological polar surface area (TPSA) is 108 Å². The zero-order valence-electron chi connectivity index (χ0n) is 21.2. The Morgan fingerprint density at radius 3 is 2.71 bits per heavy atom. The number of aromatic hydroxyl groups is 1. The first kappa shape index (κ1) is 26.9. The molecule has 3 aromatic rings. The second-order valence-electron chi connectivity index (χ2n) is 9.16. The largest absolute Gasteiger partial charge is 0.507 e. The summed E-state index contributed by atoms with van der Waals surface area (Å²) < 4.78 is 37.5. The average molecular weight is 527 g/mol. The van der Waals surface area contributed by atoms with Crippen LogP contribution in [0.1, 0.15) is 19.2 Å². The Balaban J connectivity index is 1.48. The van der Waals surface area contributed by atoms with Crippen LogP contribution in [0.3, 0.4) is 0 Å². The number of phenols is 1. The first-order chi connectivity index (χ1) is 18.1. The van der Waals surface area contributed by atoms with E-state index in [4.69, 9.17) is 5.73 Å². The maximum Gasteiger partial charge on any atom is 0.401 e. The van der Waals surface area contributed by atoms with Crippen LogP contribution in [0, 0.1) is 11.8 Å². The van der Waals surface area contributed by atoms with Gasteiger partial charge in [0.05, 0.1) is 24.5 Å². The molecule has 1 fully saturated rings. The molecule has 3 N–H and O–H groups in total. The number of aromatic nitrogens is 4. The Morgan fingerprint density at radius 2 is 1.95 bits per heavy atom. The molecule has 1 aliphatic rings. The molecule has 0 unspecified atom stereocenters. The van der Waals surface area contributed by atoms with Gasteiger partial charge < -0.3 is 20.6 Å². The van der Waals surface area contributed by atoms with Gasteiger partial charge in [0, 0.05) is 37.4 Å². The van der Waals surface area contributed by atoms with Crippen LogP contribution in [0.15, 0.2) is 42.6 Å². The quantitative estimate of drug-likeness (QED) is 0.485. The molecule has 38 heavy (non-hydrogen) atoms. The summed E-state index contributed by atoms with van der Waals surface area (Å²) in [6.07, 6.45) is -1.86. The molecule has 9 nitrogen and oxygen atoms in total. The molecule has 12 heteroatoms. The Morgan fingerprint density at radius 1 is 1.16 bits per heavy atom. The number of rotatable bonds is 5. The highest BCUT2D eigenvalue weighted by molar-refractivity contribution is 5.74. The molecule has 2 aromatic heterocycles. The molecule has 0 saturated carbocycles. The normalized spacial score (nSPS) is 16.2. The van der Waals surface area contributed by atoms with Gasteiger partial charge in [-0.05, 0) is 50.6 Å². The predicted molar refractivity (Wildman–Crippen MR) is 140 cm³/mol. The van der Waals surface area contributed by atoms with Crippen LogP contribution in [-0.4, -0.2) is 82.2 Å². The highest BCUT2D eigenvalue weighted by Crippen LogP contribution is 2.32. The zero-order valence-corrected chi connectivity index (χ0v) is 21.2. The van der Waals surface area contributed by atoms with Crippen molar-refractivity contribution < 1.29 is 18.3 Å². The summed E-state index contributed by atoms with van der Waals surface area (Å²) in [5.41, 5.74) is 8.04. The lowest BCUT2D eigenvalue weighted by atomic mass is 10.1. The van der Waals surface area contributed by atoms with Gasteiger partial charge in [-0.1, -0.05) is 18.1 Å². The number of hydrogen-bond acceptors (Lipinski definition) is 9. The smallest absolute Gasteiger partial charge is 0.401 e. The molecule has 3 heterocycles. The van der Waals surface area contributed by atoms with Crippen molar-refractivity contribution in [1.82, 2.24) is 25.1 Å². The van der Waals surface area contributed by atoms with Gasteiger partial charge in [-0.15, -0.1) is 10.2 Å². The molecule has 200 valence electrons. The average Bonchev–Trinajstić information content (AvgIpc) is 3.05. The van der Waals surface area contributed by atoms with E-state index in [1.165, 1.54) is 7.05 Å². The molecular formula is C26H29F3N8O. The molecule has 1 aliphatic heterocycles. The predicted octanol–water partition coefficient (Wildman–Crippen LogP) is 3.17. The third-order valence-corrected chi connectivity index (χ3v) is 6.22. The first-order valence-electron chi connectivity index (χ1n) is 12.1. The van der Waals surface area contributed by atoms with Gasteiger partial charge in [-0.25, -0.2) is 9.97 Å². The van der Waals surface area contributed by atoms with Gasteiger partial charge >= 0.3 is 6.18 Å². The number of nitrogens with zero attached hydrogens (tertiary/aromatic N) is 7. The minimum atomic E-state index is -4.27. The maximum absolute atomic E-state index is 12.5. The number of halogens is 3. The Bertz CT molecular complexity index is 1320. The summed E-state index contributed by atoms with van der Waals surface area (Å²) in [7, 11) is 1.36. The van der Waals surface area contributed by atoms with Crippen molar-refractivity contribution in [2.75, 3.05) is 55.3 Å². The van der Waals surface area contributed by atoms with Crippen molar-refractivity contribution in [3.05, 3.63) is 48.4 Å². The highest BCUT2D eigenvalue weighted by atomic mass is 19.4. The van der Waals surface area contributed by atoms with Crippen LogP contribution in [0.25, 0.3) is 11.3 Å². The first-order valence-corrected chi connectivity index (χ1v) is 12.1. The second-order valence-corrected chi connectivity index (χ2v) is 9.16. The van der Waals surface area contributed by atoms with E-state index in [1.54, 1.807) is 30.5 Å². The summed E-state index contributed by atoms with van der Waals surface area (Å²) in [6, 6.07) is 10.7. The summed E-state index contributed by atoms with van der Waals surface area (Å²) in [5, 5.41) is 18.5. The van der Waals surface area contributed by atoms with Crippen molar-refractivity contribution in [3.8, 4) is 28.8 Å². The third kappa shape index (κ3) is 6.80. The van der Waals surface area contributed by atoms with Crippen molar-refractivity contribution in [2.24, 2.45) is 0 Å². The van der Waals surface area contributed by atoms with Gasteiger partial charge in [-0.3, -0.25) is 4.90 Å². The van der Waals surface area contributed by atoms with E-state index in [1.807, 2.05) is 12.1 Å². The summed E-state index contributed by atoms with van der Waals surface area (Å²) >= 11 is 0. The number of phenolic OH excluding ortho intramolecular Hbond substituents is 1. The summed E-state index contributed by atoms with van der Waals surface area (Å²) in [4.78, 5) is 14.1. The number of para-hydroxylation sites is 1. The lowest BCUT2D eigenvalue weighted by molar-refractivity contribution is -0.141. The molecule has 0 amide bonds.